The van der Waals surface area contributed by atoms with Crippen molar-refractivity contribution in [3.05, 3.63) is 72.3 Å². The number of carbonyl (C=O) groups is 1. The number of benzene rings is 2. The van der Waals surface area contributed by atoms with Gasteiger partial charge in [0.25, 0.3) is 0 Å². The maximum Gasteiger partial charge on any atom is 0.219 e. The first-order valence-corrected chi connectivity index (χ1v) is 12.7. The lowest BCUT2D eigenvalue weighted by Crippen LogP contribution is -2.48. The van der Waals surface area contributed by atoms with Gasteiger partial charge in [-0.1, -0.05) is 0 Å². The molecule has 0 spiro atoms. The topological polar surface area (TPSA) is 72.7 Å². The van der Waals surface area contributed by atoms with E-state index < -0.39 is 17.4 Å². The molecule has 2 unspecified atom stereocenters. The highest BCUT2D eigenvalue weighted by Gasteiger charge is 2.45. The molecular weight excluding hydrogens is 488 g/mol. The SMILES string of the molecule is CC(=O)N1CCN(c2ccc(SCC3COC(Cn4cncn4)(c4ccc(F)cc4F)O3)cc2)CC1. The molecule has 3 aromatic rings. The van der Waals surface area contributed by atoms with Crippen LogP contribution in [0.1, 0.15) is 12.5 Å². The minimum atomic E-state index is -1.43. The summed E-state index contributed by atoms with van der Waals surface area (Å²) < 4.78 is 42.1. The number of amides is 1. The molecule has 2 aliphatic heterocycles. The second kappa shape index (κ2) is 10.5. The molecule has 11 heteroatoms. The molecule has 0 radical (unpaired) electrons. The fourth-order valence-corrected chi connectivity index (χ4v) is 5.38. The largest absolute Gasteiger partial charge is 0.368 e. The van der Waals surface area contributed by atoms with Gasteiger partial charge >= 0.3 is 0 Å². The molecule has 2 atom stereocenters. The summed E-state index contributed by atoms with van der Waals surface area (Å²) in [7, 11) is 0. The summed E-state index contributed by atoms with van der Waals surface area (Å²) in [4.78, 5) is 20.7. The van der Waals surface area contributed by atoms with Crippen LogP contribution in [0.4, 0.5) is 14.5 Å². The molecule has 1 aromatic heterocycles. The van der Waals surface area contributed by atoms with Crippen LogP contribution < -0.4 is 4.90 Å². The number of hydrogen-bond donors (Lipinski definition) is 0. The molecule has 5 rings (SSSR count). The van der Waals surface area contributed by atoms with Crippen molar-refractivity contribution in [2.75, 3.05) is 43.4 Å². The number of rotatable bonds is 7. The third kappa shape index (κ3) is 5.37. The average molecular weight is 516 g/mol. The Morgan fingerprint density at radius 2 is 1.92 bits per heavy atom. The van der Waals surface area contributed by atoms with Gasteiger partial charge in [0.2, 0.25) is 11.7 Å². The Morgan fingerprint density at radius 1 is 1.14 bits per heavy atom. The summed E-state index contributed by atoms with van der Waals surface area (Å²) in [6.07, 6.45) is 2.57. The molecule has 1 amide bonds. The molecular formula is C25H27F2N5O3S. The Bertz CT molecular complexity index is 1190. The van der Waals surface area contributed by atoms with Gasteiger partial charge < -0.3 is 19.3 Å². The second-order valence-corrected chi connectivity index (χ2v) is 9.91. The number of aromatic nitrogens is 3. The van der Waals surface area contributed by atoms with Crippen LogP contribution in [0.3, 0.4) is 0 Å². The van der Waals surface area contributed by atoms with Gasteiger partial charge in [0, 0.05) is 61.1 Å². The lowest BCUT2D eigenvalue weighted by atomic mass is 10.0. The fraction of sp³-hybridized carbons (Fsp3) is 0.400. The van der Waals surface area contributed by atoms with Crippen molar-refractivity contribution in [3.63, 3.8) is 0 Å². The molecule has 2 saturated heterocycles. The number of nitrogens with zero attached hydrogens (tertiary/aromatic N) is 5. The minimum absolute atomic E-state index is 0.0856. The van der Waals surface area contributed by atoms with Crippen LogP contribution >= 0.6 is 11.8 Å². The molecule has 0 bridgehead atoms. The molecule has 0 aliphatic carbocycles. The number of thioether (sulfide) groups is 1. The van der Waals surface area contributed by atoms with Crippen molar-refractivity contribution < 1.29 is 23.0 Å². The first-order chi connectivity index (χ1) is 17.4. The zero-order valence-electron chi connectivity index (χ0n) is 19.8. The number of piperazine rings is 1. The van der Waals surface area contributed by atoms with Crippen LogP contribution in [0.5, 0.6) is 0 Å². The highest BCUT2D eigenvalue weighted by molar-refractivity contribution is 7.99. The van der Waals surface area contributed by atoms with Crippen molar-refractivity contribution in [3.8, 4) is 0 Å². The summed E-state index contributed by atoms with van der Waals surface area (Å²) in [6.45, 7) is 5.04. The van der Waals surface area contributed by atoms with Crippen LogP contribution in [0.25, 0.3) is 0 Å². The van der Waals surface area contributed by atoms with Crippen LogP contribution in [0.15, 0.2) is 60.0 Å². The molecule has 2 aromatic carbocycles. The number of hydrogen-bond acceptors (Lipinski definition) is 7. The highest BCUT2D eigenvalue weighted by atomic mass is 32.2. The van der Waals surface area contributed by atoms with Gasteiger partial charge in [0.1, 0.15) is 30.8 Å². The smallest absolute Gasteiger partial charge is 0.219 e. The lowest BCUT2D eigenvalue weighted by Gasteiger charge is -2.35. The summed E-state index contributed by atoms with van der Waals surface area (Å²) in [6, 6.07) is 11.7. The van der Waals surface area contributed by atoms with E-state index in [-0.39, 0.29) is 30.7 Å². The maximum atomic E-state index is 14.7. The highest BCUT2D eigenvalue weighted by Crippen LogP contribution is 2.39. The van der Waals surface area contributed by atoms with E-state index in [1.165, 1.54) is 29.5 Å². The summed E-state index contributed by atoms with van der Waals surface area (Å²) in [5.41, 5.74) is 1.25. The number of halogens is 2. The third-order valence-corrected chi connectivity index (χ3v) is 7.54. The molecule has 0 N–H and O–H groups in total. The average Bonchev–Trinajstić information content (AvgIpc) is 3.54. The molecule has 36 heavy (non-hydrogen) atoms. The Labute approximate surface area is 212 Å². The van der Waals surface area contributed by atoms with Gasteiger partial charge in [-0.3, -0.25) is 4.79 Å². The van der Waals surface area contributed by atoms with E-state index in [2.05, 4.69) is 39.2 Å². The lowest BCUT2D eigenvalue weighted by molar-refractivity contribution is -0.188. The Hall–Kier alpha value is -3.02. The van der Waals surface area contributed by atoms with Gasteiger partial charge in [-0.15, -0.1) is 11.8 Å². The monoisotopic (exact) mass is 515 g/mol. The Morgan fingerprint density at radius 3 is 2.58 bits per heavy atom. The van der Waals surface area contributed by atoms with Crippen LogP contribution in [0.2, 0.25) is 0 Å². The third-order valence-electron chi connectivity index (χ3n) is 6.40. The van der Waals surface area contributed by atoms with Crippen molar-refractivity contribution >= 4 is 23.4 Å². The standard InChI is InChI=1S/C25H27F2N5O3S/c1-18(33)30-8-10-31(11-9-30)20-3-5-22(6-4-20)36-14-21-13-34-25(35-21,15-32-17-28-16-29-32)23-7-2-19(26)12-24(23)27/h2-7,12,16-17,21H,8-11,13-15H2,1H3. The van der Waals surface area contributed by atoms with Gasteiger partial charge in [0.05, 0.1) is 12.7 Å². The predicted octanol–water partition coefficient (Wildman–Crippen LogP) is 3.29. The fourth-order valence-electron chi connectivity index (χ4n) is 4.50. The zero-order valence-corrected chi connectivity index (χ0v) is 20.7. The van der Waals surface area contributed by atoms with E-state index in [9.17, 15) is 13.6 Å². The van der Waals surface area contributed by atoms with Crippen LogP contribution in [0, 0.1) is 11.6 Å². The second-order valence-electron chi connectivity index (χ2n) is 8.82. The minimum Gasteiger partial charge on any atom is -0.368 e. The quantitative estimate of drug-likeness (QED) is 0.447. The Kier molecular flexibility index (Phi) is 7.22. The summed E-state index contributed by atoms with van der Waals surface area (Å²) in [5, 5.41) is 4.10. The number of anilines is 1. The first-order valence-electron chi connectivity index (χ1n) is 11.7. The van der Waals surface area contributed by atoms with E-state index in [0.29, 0.717) is 5.75 Å². The van der Waals surface area contributed by atoms with E-state index in [4.69, 9.17) is 9.47 Å². The van der Waals surface area contributed by atoms with E-state index in [1.54, 1.807) is 18.7 Å². The van der Waals surface area contributed by atoms with E-state index in [1.807, 2.05) is 4.90 Å². The van der Waals surface area contributed by atoms with E-state index in [0.717, 1.165) is 42.8 Å². The van der Waals surface area contributed by atoms with Crippen LogP contribution in [-0.2, 0) is 26.6 Å². The number of ether oxygens (including phenoxy) is 2. The summed E-state index contributed by atoms with van der Waals surface area (Å²) in [5.74, 6) is -2.11. The molecule has 3 heterocycles. The van der Waals surface area contributed by atoms with E-state index >= 15 is 0 Å². The molecule has 190 valence electrons. The molecule has 0 saturated carbocycles. The van der Waals surface area contributed by atoms with Crippen molar-refractivity contribution in [1.29, 1.82) is 0 Å². The van der Waals surface area contributed by atoms with Crippen molar-refractivity contribution in [2.45, 2.75) is 30.3 Å². The van der Waals surface area contributed by atoms with Gasteiger partial charge in [0.15, 0.2) is 0 Å². The Balaban J connectivity index is 1.22. The molecule has 8 nitrogen and oxygen atoms in total. The zero-order chi connectivity index (χ0) is 25.1. The first kappa shape index (κ1) is 24.7. The van der Waals surface area contributed by atoms with Gasteiger partial charge in [-0.25, -0.2) is 18.4 Å². The maximum absolute atomic E-state index is 14.7. The van der Waals surface area contributed by atoms with Crippen molar-refractivity contribution in [2.24, 2.45) is 0 Å². The van der Waals surface area contributed by atoms with Gasteiger partial charge in [-0.05, 0) is 36.4 Å². The summed E-state index contributed by atoms with van der Waals surface area (Å²) >= 11 is 1.62. The predicted molar refractivity (Wildman–Crippen MR) is 131 cm³/mol. The van der Waals surface area contributed by atoms with Crippen molar-refractivity contribution in [1.82, 2.24) is 19.7 Å². The molecule has 2 fully saturated rings. The normalized spacial score (nSPS) is 22.2. The number of carbonyl (C=O) groups excluding carboxylic acids is 1. The van der Waals surface area contributed by atoms with Crippen LogP contribution in [-0.4, -0.2) is 70.2 Å². The van der Waals surface area contributed by atoms with Gasteiger partial charge in [-0.2, -0.15) is 5.10 Å². The molecule has 2 aliphatic rings.